The number of hydrogen-bond donors (Lipinski definition) is 1. The number of sulfone groups is 1. The van der Waals surface area contributed by atoms with Gasteiger partial charge in [0.1, 0.15) is 0 Å². The number of rotatable bonds is 4. The summed E-state index contributed by atoms with van der Waals surface area (Å²) in [6, 6.07) is 8.58. The van der Waals surface area contributed by atoms with Gasteiger partial charge in [-0.15, -0.1) is 24.0 Å². The molecule has 2 aliphatic rings. The first-order valence-electron chi connectivity index (χ1n) is 9.52. The lowest BCUT2D eigenvalue weighted by molar-refractivity contribution is 0.353. The van der Waals surface area contributed by atoms with E-state index in [4.69, 9.17) is 4.99 Å². The van der Waals surface area contributed by atoms with Crippen molar-refractivity contribution in [3.05, 3.63) is 35.4 Å². The number of aryl methyl sites for hydroxylation is 1. The third-order valence-corrected chi connectivity index (χ3v) is 8.31. The maximum atomic E-state index is 12.3. The van der Waals surface area contributed by atoms with Crippen molar-refractivity contribution >= 4 is 39.8 Å². The molecule has 27 heavy (non-hydrogen) atoms. The minimum Gasteiger partial charge on any atom is -0.357 e. The summed E-state index contributed by atoms with van der Waals surface area (Å²) in [4.78, 5) is 7.05. The predicted molar refractivity (Wildman–Crippen MR) is 123 cm³/mol. The van der Waals surface area contributed by atoms with Crippen molar-refractivity contribution in [2.45, 2.75) is 50.7 Å². The van der Waals surface area contributed by atoms with Gasteiger partial charge in [-0.2, -0.15) is 0 Å². The van der Waals surface area contributed by atoms with Crippen LogP contribution < -0.4 is 5.32 Å². The first-order valence-corrected chi connectivity index (χ1v) is 11.2. The first-order chi connectivity index (χ1) is 12.2. The first kappa shape index (κ1) is 22.5. The van der Waals surface area contributed by atoms with Gasteiger partial charge in [0.2, 0.25) is 0 Å². The van der Waals surface area contributed by atoms with Gasteiger partial charge in [-0.25, -0.2) is 8.42 Å². The zero-order valence-corrected chi connectivity index (χ0v) is 19.9. The van der Waals surface area contributed by atoms with E-state index >= 15 is 0 Å². The van der Waals surface area contributed by atoms with Crippen molar-refractivity contribution in [3.8, 4) is 0 Å². The molecule has 0 amide bonds. The maximum Gasteiger partial charge on any atom is 0.194 e. The fourth-order valence-electron chi connectivity index (χ4n) is 3.81. The summed E-state index contributed by atoms with van der Waals surface area (Å²) in [6.07, 6.45) is 2.33. The molecule has 1 heterocycles. The Morgan fingerprint density at radius 2 is 1.93 bits per heavy atom. The molecule has 1 aromatic rings. The Hall–Kier alpha value is -0.830. The smallest absolute Gasteiger partial charge is 0.194 e. The van der Waals surface area contributed by atoms with Crippen molar-refractivity contribution in [2.24, 2.45) is 4.99 Å². The lowest BCUT2D eigenvalue weighted by Gasteiger charge is -2.39. The Bertz CT molecular complexity index is 801. The second-order valence-electron chi connectivity index (χ2n) is 8.27. The Morgan fingerprint density at radius 1 is 1.26 bits per heavy atom. The molecule has 1 saturated carbocycles. The monoisotopic (exact) mass is 505 g/mol. The molecule has 152 valence electrons. The summed E-state index contributed by atoms with van der Waals surface area (Å²) in [6.45, 7) is 10.4. The van der Waals surface area contributed by atoms with Crippen LogP contribution in [0.3, 0.4) is 0 Å². The Morgan fingerprint density at radius 3 is 2.48 bits per heavy atom. The maximum absolute atomic E-state index is 12.3. The largest absolute Gasteiger partial charge is 0.357 e. The molecule has 0 unspecified atom stereocenters. The summed E-state index contributed by atoms with van der Waals surface area (Å²) in [5, 5.41) is 3.36. The third-order valence-electron chi connectivity index (χ3n) is 5.78. The van der Waals surface area contributed by atoms with Crippen molar-refractivity contribution in [1.82, 2.24) is 10.2 Å². The van der Waals surface area contributed by atoms with Gasteiger partial charge >= 0.3 is 0 Å². The summed E-state index contributed by atoms with van der Waals surface area (Å²) in [5.74, 6) is 1.03. The molecule has 0 aromatic heterocycles. The highest BCUT2D eigenvalue weighted by Gasteiger charge is 2.45. The molecule has 0 bridgehead atoms. The molecule has 3 rings (SSSR count). The lowest BCUT2D eigenvalue weighted by atomic mass is 9.92. The average molecular weight is 505 g/mol. The second-order valence-corrected chi connectivity index (χ2v) is 11.0. The number of guanidine groups is 1. The Kier molecular flexibility index (Phi) is 6.88. The SMILES string of the molecule is CCNC(=NCC1(c2ccccc2C)CC1)N1CCS(=O)(=O)C(C)(C)C1.I. The Labute approximate surface area is 181 Å². The minimum atomic E-state index is -3.05. The third kappa shape index (κ3) is 4.60. The van der Waals surface area contributed by atoms with E-state index in [1.165, 1.54) is 24.0 Å². The molecule has 0 spiro atoms. The summed E-state index contributed by atoms with van der Waals surface area (Å²) < 4.78 is 23.8. The molecule has 1 aromatic carbocycles. The molecular weight excluding hydrogens is 473 g/mol. The number of aliphatic imine (C=N–C) groups is 1. The van der Waals surface area contributed by atoms with Crippen molar-refractivity contribution in [2.75, 3.05) is 31.9 Å². The fraction of sp³-hybridized carbons (Fsp3) is 0.650. The van der Waals surface area contributed by atoms with Gasteiger partial charge in [0.05, 0.1) is 17.0 Å². The van der Waals surface area contributed by atoms with E-state index in [-0.39, 0.29) is 35.1 Å². The number of halogens is 1. The van der Waals surface area contributed by atoms with E-state index in [9.17, 15) is 8.42 Å². The fourth-order valence-corrected chi connectivity index (χ4v) is 5.17. The highest BCUT2D eigenvalue weighted by Crippen LogP contribution is 2.49. The van der Waals surface area contributed by atoms with Gasteiger partial charge in [0.15, 0.2) is 15.8 Å². The van der Waals surface area contributed by atoms with E-state index in [2.05, 4.69) is 48.3 Å². The molecule has 7 heteroatoms. The van der Waals surface area contributed by atoms with Gasteiger partial charge in [0.25, 0.3) is 0 Å². The van der Waals surface area contributed by atoms with E-state index in [1.54, 1.807) is 0 Å². The molecule has 1 N–H and O–H groups in total. The molecule has 2 fully saturated rings. The van der Waals surface area contributed by atoms with E-state index in [1.807, 2.05) is 13.8 Å². The second kappa shape index (κ2) is 8.27. The number of hydrogen-bond acceptors (Lipinski definition) is 3. The highest BCUT2D eigenvalue weighted by atomic mass is 127. The molecule has 1 aliphatic heterocycles. The van der Waals surface area contributed by atoms with Crippen LogP contribution in [0.4, 0.5) is 0 Å². The Balaban J connectivity index is 0.00000261. The number of benzene rings is 1. The van der Waals surface area contributed by atoms with E-state index < -0.39 is 14.6 Å². The molecule has 0 atom stereocenters. The number of nitrogens with one attached hydrogen (secondary N) is 1. The van der Waals surface area contributed by atoms with E-state index in [0.29, 0.717) is 13.1 Å². The van der Waals surface area contributed by atoms with Crippen LogP contribution >= 0.6 is 24.0 Å². The molecule has 1 saturated heterocycles. The van der Waals surface area contributed by atoms with Crippen molar-refractivity contribution in [1.29, 1.82) is 0 Å². The van der Waals surface area contributed by atoms with Crippen LogP contribution in [0.15, 0.2) is 29.3 Å². The van der Waals surface area contributed by atoms with Gasteiger partial charge in [-0.05, 0) is 51.7 Å². The summed E-state index contributed by atoms with van der Waals surface area (Å²) >= 11 is 0. The standard InChI is InChI=1S/C20H31N3O2S.HI/c1-5-21-18(23-12-13-26(24,25)19(3,4)15-23)22-14-20(10-11-20)17-9-7-6-8-16(17)2;/h6-9H,5,10-15H2,1-4H3,(H,21,22);1H. The zero-order valence-electron chi connectivity index (χ0n) is 16.8. The van der Waals surface area contributed by atoms with Crippen LogP contribution in [0.1, 0.15) is 44.7 Å². The topological polar surface area (TPSA) is 61.8 Å². The molecular formula is C20H32IN3O2S. The van der Waals surface area contributed by atoms with Crippen molar-refractivity contribution < 1.29 is 8.42 Å². The number of nitrogens with zero attached hydrogens (tertiary/aromatic N) is 2. The van der Waals surface area contributed by atoms with Crippen molar-refractivity contribution in [3.63, 3.8) is 0 Å². The van der Waals surface area contributed by atoms with Gasteiger partial charge < -0.3 is 10.2 Å². The molecule has 0 radical (unpaired) electrons. The minimum absolute atomic E-state index is 0. The van der Waals surface area contributed by atoms with Crippen LogP contribution in [0, 0.1) is 6.92 Å². The van der Waals surface area contributed by atoms with Crippen LogP contribution in [0.2, 0.25) is 0 Å². The van der Waals surface area contributed by atoms with Crippen LogP contribution in [-0.2, 0) is 15.3 Å². The highest BCUT2D eigenvalue weighted by molar-refractivity contribution is 14.0. The van der Waals surface area contributed by atoms with Gasteiger partial charge in [0, 0.05) is 25.0 Å². The van der Waals surface area contributed by atoms with E-state index in [0.717, 1.165) is 19.0 Å². The molecule has 5 nitrogen and oxygen atoms in total. The molecule has 1 aliphatic carbocycles. The van der Waals surface area contributed by atoms with Gasteiger partial charge in [-0.1, -0.05) is 24.3 Å². The predicted octanol–water partition coefficient (Wildman–Crippen LogP) is 3.12. The van der Waals surface area contributed by atoms with Crippen LogP contribution in [0.5, 0.6) is 0 Å². The summed E-state index contributed by atoms with van der Waals surface area (Å²) in [7, 11) is -3.05. The normalized spacial score (nSPS) is 22.7. The summed E-state index contributed by atoms with van der Waals surface area (Å²) in [5.41, 5.74) is 2.89. The zero-order chi connectivity index (χ0) is 19.0. The quantitative estimate of drug-likeness (QED) is 0.388. The van der Waals surface area contributed by atoms with Gasteiger partial charge in [-0.3, -0.25) is 4.99 Å². The average Bonchev–Trinajstić information content (AvgIpc) is 3.35. The van der Waals surface area contributed by atoms with Crippen LogP contribution in [0.25, 0.3) is 0 Å². The lowest BCUT2D eigenvalue weighted by Crippen LogP contribution is -2.57. The van der Waals surface area contributed by atoms with Crippen LogP contribution in [-0.4, -0.2) is 56.0 Å².